The van der Waals surface area contributed by atoms with Crippen molar-refractivity contribution in [2.75, 3.05) is 23.2 Å². The Morgan fingerprint density at radius 3 is 2.11 bits per heavy atom. The summed E-state index contributed by atoms with van der Waals surface area (Å²) in [6.07, 6.45) is 1.21. The van der Waals surface area contributed by atoms with E-state index in [9.17, 15) is 19.6 Å². The molecule has 4 rings (SSSR count). The maximum absolute atomic E-state index is 13.4. The van der Waals surface area contributed by atoms with E-state index in [1.807, 2.05) is 0 Å². The molecule has 0 saturated heterocycles. The van der Waals surface area contributed by atoms with Gasteiger partial charge in [-0.3, -0.25) is 10.1 Å². The topological polar surface area (TPSA) is 160 Å². The number of nitrogens with zero attached hydrogens (tertiary/aromatic N) is 5. The van der Waals surface area contributed by atoms with Gasteiger partial charge in [0.1, 0.15) is 17.3 Å². The first-order valence-electron chi connectivity index (χ1n) is 10.4. The van der Waals surface area contributed by atoms with E-state index in [1.165, 1.54) is 36.5 Å². The number of non-ortho nitro benzene ring substituents is 1. The first kappa shape index (κ1) is 23.8. The van der Waals surface area contributed by atoms with Gasteiger partial charge in [-0.25, -0.2) is 9.82 Å². The Morgan fingerprint density at radius 2 is 1.53 bits per heavy atom. The number of rotatable bonds is 9. The number of nitrogens with one attached hydrogen (secondary N) is 3. The number of phenolic OH excluding ortho intramolecular Hbond substituents is 1. The number of benzene rings is 3. The minimum absolute atomic E-state index is 0.0255. The van der Waals surface area contributed by atoms with Gasteiger partial charge in [-0.05, 0) is 54.6 Å². The van der Waals surface area contributed by atoms with Crippen LogP contribution in [0, 0.1) is 15.9 Å². The van der Waals surface area contributed by atoms with Crippen molar-refractivity contribution in [1.29, 1.82) is 0 Å². The third-order valence-corrected chi connectivity index (χ3v) is 4.67. The van der Waals surface area contributed by atoms with Gasteiger partial charge < -0.3 is 20.5 Å². The number of aromatic nitrogens is 3. The molecule has 0 aliphatic rings. The van der Waals surface area contributed by atoms with Gasteiger partial charge in [0, 0.05) is 29.1 Å². The molecule has 0 radical (unpaired) electrons. The number of hydrogen-bond acceptors (Lipinski definition) is 11. The quantitative estimate of drug-likeness (QED) is 0.149. The van der Waals surface area contributed by atoms with Crippen LogP contribution in [-0.4, -0.2) is 38.3 Å². The van der Waals surface area contributed by atoms with E-state index in [1.54, 1.807) is 31.4 Å². The summed E-state index contributed by atoms with van der Waals surface area (Å²) in [5.41, 5.74) is 3.88. The number of hydrogen-bond donors (Lipinski definition) is 4. The minimum atomic E-state index is -0.532. The van der Waals surface area contributed by atoms with Gasteiger partial charge in [0.25, 0.3) is 5.69 Å². The van der Waals surface area contributed by atoms with Gasteiger partial charge in [-0.1, -0.05) is 0 Å². The van der Waals surface area contributed by atoms with Gasteiger partial charge in [-0.2, -0.15) is 20.1 Å². The van der Waals surface area contributed by atoms with Crippen LogP contribution in [0.4, 0.5) is 39.3 Å². The fraction of sp³-hybridized carbons (Fsp3) is 0.0435. The van der Waals surface area contributed by atoms with E-state index < -0.39 is 10.7 Å². The molecule has 36 heavy (non-hydrogen) atoms. The molecule has 0 amide bonds. The summed E-state index contributed by atoms with van der Waals surface area (Å²) in [5, 5.41) is 30.7. The third-order valence-electron chi connectivity index (χ3n) is 4.67. The lowest BCUT2D eigenvalue weighted by Gasteiger charge is -2.10. The van der Waals surface area contributed by atoms with Crippen molar-refractivity contribution in [1.82, 2.24) is 15.0 Å². The lowest BCUT2D eigenvalue weighted by molar-refractivity contribution is -0.384. The molecule has 0 aliphatic carbocycles. The van der Waals surface area contributed by atoms with E-state index in [2.05, 4.69) is 36.1 Å². The summed E-state index contributed by atoms with van der Waals surface area (Å²) in [4.78, 5) is 23.2. The van der Waals surface area contributed by atoms with Crippen LogP contribution in [0.1, 0.15) is 5.56 Å². The van der Waals surface area contributed by atoms with E-state index in [0.29, 0.717) is 17.1 Å². The van der Waals surface area contributed by atoms with Crippen molar-refractivity contribution in [3.8, 4) is 11.5 Å². The SMILES string of the molecule is COc1ccc(Nc2nc(NN=Cc3cc(F)ccc3O)nc(Nc3ccc([N+](=O)[O-])cc3)n2)cc1. The first-order chi connectivity index (χ1) is 17.4. The number of phenols is 1. The van der Waals surface area contributed by atoms with Crippen molar-refractivity contribution >= 4 is 41.1 Å². The van der Waals surface area contributed by atoms with Crippen LogP contribution in [0.5, 0.6) is 11.5 Å². The number of ether oxygens (including phenoxy) is 1. The zero-order valence-corrected chi connectivity index (χ0v) is 18.7. The van der Waals surface area contributed by atoms with Crippen LogP contribution in [0.25, 0.3) is 0 Å². The highest BCUT2D eigenvalue weighted by molar-refractivity contribution is 5.83. The average molecular weight is 490 g/mol. The minimum Gasteiger partial charge on any atom is -0.507 e. The maximum Gasteiger partial charge on any atom is 0.269 e. The van der Waals surface area contributed by atoms with Crippen LogP contribution in [0.15, 0.2) is 71.8 Å². The lowest BCUT2D eigenvalue weighted by atomic mass is 10.2. The molecule has 1 heterocycles. The number of methoxy groups -OCH3 is 1. The summed E-state index contributed by atoms with van der Waals surface area (Å²) in [5.74, 6) is 0.286. The van der Waals surface area contributed by atoms with Crippen LogP contribution in [0.3, 0.4) is 0 Å². The monoisotopic (exact) mass is 490 g/mol. The molecule has 4 N–H and O–H groups in total. The molecule has 0 bridgehead atoms. The zero-order chi connectivity index (χ0) is 25.5. The van der Waals surface area contributed by atoms with Gasteiger partial charge >= 0.3 is 0 Å². The Bertz CT molecular complexity index is 1400. The van der Waals surface area contributed by atoms with Crippen molar-refractivity contribution in [2.24, 2.45) is 5.10 Å². The summed E-state index contributed by atoms with van der Waals surface area (Å²) in [6, 6.07) is 16.2. The Kier molecular flexibility index (Phi) is 7.10. The molecular weight excluding hydrogens is 471 g/mol. The molecule has 12 nitrogen and oxygen atoms in total. The largest absolute Gasteiger partial charge is 0.507 e. The van der Waals surface area contributed by atoms with Crippen molar-refractivity contribution in [3.05, 3.63) is 88.2 Å². The van der Waals surface area contributed by atoms with Gasteiger partial charge in [0.2, 0.25) is 17.8 Å². The number of nitro benzene ring substituents is 1. The molecule has 0 fully saturated rings. The Labute approximate surface area is 203 Å². The van der Waals surface area contributed by atoms with Gasteiger partial charge in [0.05, 0.1) is 18.2 Å². The van der Waals surface area contributed by atoms with Gasteiger partial charge in [0.15, 0.2) is 0 Å². The number of halogens is 1. The maximum atomic E-state index is 13.4. The molecule has 0 aliphatic heterocycles. The van der Waals surface area contributed by atoms with Crippen LogP contribution in [0.2, 0.25) is 0 Å². The van der Waals surface area contributed by atoms with Crippen LogP contribution >= 0.6 is 0 Å². The zero-order valence-electron chi connectivity index (χ0n) is 18.7. The smallest absolute Gasteiger partial charge is 0.269 e. The first-order valence-corrected chi connectivity index (χ1v) is 10.4. The van der Waals surface area contributed by atoms with Crippen LogP contribution < -0.4 is 20.8 Å². The highest BCUT2D eigenvalue weighted by Crippen LogP contribution is 2.22. The molecule has 3 aromatic carbocycles. The van der Waals surface area contributed by atoms with Crippen molar-refractivity contribution in [3.63, 3.8) is 0 Å². The highest BCUT2D eigenvalue weighted by Gasteiger charge is 2.10. The molecule has 0 saturated carbocycles. The number of aromatic hydroxyl groups is 1. The summed E-state index contributed by atoms with van der Waals surface area (Å²) < 4.78 is 18.6. The number of anilines is 5. The van der Waals surface area contributed by atoms with Crippen molar-refractivity contribution in [2.45, 2.75) is 0 Å². The molecular formula is C23H19FN8O4. The standard InChI is InChI=1S/C23H19FN8O4/c1-36-19-9-5-17(6-10-19)27-22-28-21(26-16-3-7-18(8-4-16)32(34)35)29-23(30-22)31-25-13-14-12-15(24)2-11-20(14)33/h2-13,33H,1H3,(H3,26,27,28,29,30,31). The summed E-state index contributed by atoms with van der Waals surface area (Å²) in [6.45, 7) is 0. The fourth-order valence-electron chi connectivity index (χ4n) is 2.93. The molecule has 182 valence electrons. The van der Waals surface area contributed by atoms with Gasteiger partial charge in [-0.15, -0.1) is 0 Å². The molecule has 4 aromatic rings. The molecule has 0 atom stereocenters. The Balaban J connectivity index is 1.59. The predicted molar refractivity (Wildman–Crippen MR) is 132 cm³/mol. The van der Waals surface area contributed by atoms with E-state index >= 15 is 0 Å². The highest BCUT2D eigenvalue weighted by atomic mass is 19.1. The van der Waals surface area contributed by atoms with E-state index in [4.69, 9.17) is 4.74 Å². The molecule has 0 unspecified atom stereocenters. The Morgan fingerprint density at radius 1 is 0.944 bits per heavy atom. The Hall–Kier alpha value is -5.33. The third kappa shape index (κ3) is 6.17. The number of hydrazone groups is 1. The predicted octanol–water partition coefficient (Wildman–Crippen LogP) is 4.57. The van der Waals surface area contributed by atoms with Crippen molar-refractivity contribution < 1.29 is 19.2 Å². The second kappa shape index (κ2) is 10.7. The van der Waals surface area contributed by atoms with E-state index in [0.717, 1.165) is 12.1 Å². The normalized spacial score (nSPS) is 10.7. The van der Waals surface area contributed by atoms with E-state index in [-0.39, 0.29) is 34.8 Å². The summed E-state index contributed by atoms with van der Waals surface area (Å²) >= 11 is 0. The van der Waals surface area contributed by atoms with Crippen LogP contribution in [-0.2, 0) is 0 Å². The second-order valence-corrected chi connectivity index (χ2v) is 7.16. The second-order valence-electron chi connectivity index (χ2n) is 7.16. The summed E-state index contributed by atoms with van der Waals surface area (Å²) in [7, 11) is 1.56. The molecule has 13 heteroatoms. The lowest BCUT2D eigenvalue weighted by Crippen LogP contribution is -2.07. The average Bonchev–Trinajstić information content (AvgIpc) is 2.87. The molecule has 0 spiro atoms. The fourth-order valence-corrected chi connectivity index (χ4v) is 2.93. The molecule has 1 aromatic heterocycles. The number of nitro groups is 1.